The SMILES string of the molecule is CS(=O)(=O)CCCNc1ccc(C(=O)O)c(Cl)c1. The van der Waals surface area contributed by atoms with Crippen LogP contribution in [0.1, 0.15) is 16.8 Å². The van der Waals surface area contributed by atoms with Gasteiger partial charge in [0.15, 0.2) is 0 Å². The van der Waals surface area contributed by atoms with Gasteiger partial charge in [-0.2, -0.15) is 0 Å². The number of anilines is 1. The number of benzene rings is 1. The van der Waals surface area contributed by atoms with E-state index in [1.165, 1.54) is 18.4 Å². The first-order valence-corrected chi connectivity index (χ1v) is 7.68. The summed E-state index contributed by atoms with van der Waals surface area (Å²) in [5.74, 6) is -0.968. The van der Waals surface area contributed by atoms with Gasteiger partial charge in [-0.15, -0.1) is 0 Å². The number of rotatable bonds is 6. The van der Waals surface area contributed by atoms with Crippen LogP contribution in [0, 0.1) is 0 Å². The lowest BCUT2D eigenvalue weighted by atomic mass is 10.2. The number of carboxylic acids is 1. The van der Waals surface area contributed by atoms with Crippen molar-refractivity contribution in [2.24, 2.45) is 0 Å². The van der Waals surface area contributed by atoms with Gasteiger partial charge in [-0.1, -0.05) is 11.6 Å². The minimum atomic E-state index is -2.95. The quantitative estimate of drug-likeness (QED) is 0.782. The second-order valence-corrected chi connectivity index (χ2v) is 6.58. The highest BCUT2D eigenvalue weighted by Crippen LogP contribution is 2.20. The minimum absolute atomic E-state index is 0.0401. The van der Waals surface area contributed by atoms with Gasteiger partial charge in [0.2, 0.25) is 0 Å². The van der Waals surface area contributed by atoms with Crippen LogP contribution in [0.3, 0.4) is 0 Å². The van der Waals surface area contributed by atoms with Gasteiger partial charge in [0, 0.05) is 18.5 Å². The van der Waals surface area contributed by atoms with Crippen molar-refractivity contribution in [3.8, 4) is 0 Å². The first-order valence-electron chi connectivity index (χ1n) is 5.24. The molecule has 0 aromatic heterocycles. The largest absolute Gasteiger partial charge is 0.478 e. The fourth-order valence-electron chi connectivity index (χ4n) is 1.37. The van der Waals surface area contributed by atoms with Crippen LogP contribution in [0.25, 0.3) is 0 Å². The molecule has 0 amide bonds. The standard InChI is InChI=1S/C11H14ClNO4S/c1-18(16,17)6-2-5-13-8-3-4-9(11(14)15)10(12)7-8/h3-4,7,13H,2,5-6H2,1H3,(H,14,15). The molecule has 2 N–H and O–H groups in total. The molecule has 0 saturated heterocycles. The van der Waals surface area contributed by atoms with Gasteiger partial charge in [0.05, 0.1) is 16.3 Å². The van der Waals surface area contributed by atoms with E-state index in [0.717, 1.165) is 0 Å². The number of nitrogens with one attached hydrogen (secondary N) is 1. The zero-order valence-corrected chi connectivity index (χ0v) is 11.4. The summed E-state index contributed by atoms with van der Waals surface area (Å²) >= 11 is 5.79. The summed E-state index contributed by atoms with van der Waals surface area (Å²) in [5.41, 5.74) is 0.705. The van der Waals surface area contributed by atoms with Crippen molar-refractivity contribution in [1.29, 1.82) is 0 Å². The molecule has 0 heterocycles. The van der Waals surface area contributed by atoms with E-state index >= 15 is 0 Å². The van der Waals surface area contributed by atoms with Crippen molar-refractivity contribution in [2.45, 2.75) is 6.42 Å². The first-order chi connectivity index (χ1) is 8.29. The molecular weight excluding hydrogens is 278 g/mol. The van der Waals surface area contributed by atoms with Gasteiger partial charge in [0.25, 0.3) is 0 Å². The number of halogens is 1. The summed E-state index contributed by atoms with van der Waals surface area (Å²) in [4.78, 5) is 10.7. The van der Waals surface area contributed by atoms with Crippen molar-refractivity contribution in [2.75, 3.05) is 23.9 Å². The second-order valence-electron chi connectivity index (χ2n) is 3.91. The molecule has 0 unspecified atom stereocenters. The Balaban J connectivity index is 2.54. The zero-order chi connectivity index (χ0) is 13.8. The monoisotopic (exact) mass is 291 g/mol. The summed E-state index contributed by atoms with van der Waals surface area (Å²) in [6.45, 7) is 0.482. The maximum atomic E-state index is 10.9. The molecule has 7 heteroatoms. The lowest BCUT2D eigenvalue weighted by Crippen LogP contribution is -2.10. The second kappa shape index (κ2) is 6.06. The number of carbonyl (C=O) groups is 1. The Morgan fingerprint density at radius 1 is 1.44 bits per heavy atom. The molecule has 0 aliphatic rings. The van der Waals surface area contributed by atoms with Crippen LogP contribution in [0.2, 0.25) is 5.02 Å². The van der Waals surface area contributed by atoms with E-state index in [9.17, 15) is 13.2 Å². The number of carboxylic acid groups (broad SMARTS) is 1. The van der Waals surface area contributed by atoms with E-state index in [4.69, 9.17) is 16.7 Å². The topological polar surface area (TPSA) is 83.5 Å². The molecule has 0 radical (unpaired) electrons. The maximum absolute atomic E-state index is 10.9. The maximum Gasteiger partial charge on any atom is 0.337 e. The fraction of sp³-hybridized carbons (Fsp3) is 0.364. The molecule has 0 aliphatic carbocycles. The lowest BCUT2D eigenvalue weighted by molar-refractivity contribution is 0.0697. The van der Waals surface area contributed by atoms with Crippen LogP contribution in [-0.4, -0.2) is 38.0 Å². The number of hydrogen-bond donors (Lipinski definition) is 2. The zero-order valence-electron chi connectivity index (χ0n) is 9.81. The van der Waals surface area contributed by atoms with E-state index in [0.29, 0.717) is 18.7 Å². The number of hydrogen-bond acceptors (Lipinski definition) is 4. The third-order valence-corrected chi connectivity index (χ3v) is 3.56. The molecule has 1 rings (SSSR count). The Morgan fingerprint density at radius 3 is 2.61 bits per heavy atom. The predicted molar refractivity (Wildman–Crippen MR) is 71.2 cm³/mol. The average Bonchev–Trinajstić information content (AvgIpc) is 2.22. The summed E-state index contributed by atoms with van der Waals surface area (Å²) in [6, 6.07) is 4.50. The van der Waals surface area contributed by atoms with Crippen LogP contribution >= 0.6 is 11.6 Å². The van der Waals surface area contributed by atoms with Gasteiger partial charge >= 0.3 is 5.97 Å². The molecule has 0 spiro atoms. The van der Waals surface area contributed by atoms with Crippen molar-refractivity contribution >= 4 is 33.1 Å². The molecule has 18 heavy (non-hydrogen) atoms. The van der Waals surface area contributed by atoms with Gasteiger partial charge in [-0.05, 0) is 24.6 Å². The van der Waals surface area contributed by atoms with Crippen LogP contribution in [0.15, 0.2) is 18.2 Å². The van der Waals surface area contributed by atoms with Crippen molar-refractivity contribution in [1.82, 2.24) is 0 Å². The van der Waals surface area contributed by atoms with E-state index in [2.05, 4.69) is 5.32 Å². The summed E-state index contributed by atoms with van der Waals surface area (Å²) in [7, 11) is -2.95. The normalized spacial score (nSPS) is 11.2. The fourth-order valence-corrected chi connectivity index (χ4v) is 2.30. The lowest BCUT2D eigenvalue weighted by Gasteiger charge is -2.07. The summed E-state index contributed by atoms with van der Waals surface area (Å²) in [6.07, 6.45) is 1.67. The number of sulfone groups is 1. The summed E-state index contributed by atoms with van der Waals surface area (Å²) < 4.78 is 21.8. The van der Waals surface area contributed by atoms with Crippen molar-refractivity contribution in [3.63, 3.8) is 0 Å². The van der Waals surface area contributed by atoms with Crippen molar-refractivity contribution in [3.05, 3.63) is 28.8 Å². The van der Waals surface area contributed by atoms with E-state index in [1.54, 1.807) is 6.07 Å². The van der Waals surface area contributed by atoms with Crippen LogP contribution in [0.4, 0.5) is 5.69 Å². The highest BCUT2D eigenvalue weighted by molar-refractivity contribution is 7.90. The smallest absolute Gasteiger partial charge is 0.337 e. The molecule has 5 nitrogen and oxygen atoms in total. The molecule has 0 atom stereocenters. The Kier molecular flexibility index (Phi) is 4.98. The predicted octanol–water partition coefficient (Wildman–Crippen LogP) is 1.88. The Morgan fingerprint density at radius 2 is 2.11 bits per heavy atom. The molecule has 0 bridgehead atoms. The van der Waals surface area contributed by atoms with Gasteiger partial charge in [-0.3, -0.25) is 0 Å². The van der Waals surface area contributed by atoms with Crippen LogP contribution in [0.5, 0.6) is 0 Å². The van der Waals surface area contributed by atoms with E-state index < -0.39 is 15.8 Å². The van der Waals surface area contributed by atoms with Crippen LogP contribution < -0.4 is 5.32 Å². The average molecular weight is 292 g/mol. The first kappa shape index (κ1) is 14.8. The molecule has 100 valence electrons. The van der Waals surface area contributed by atoms with Gasteiger partial charge < -0.3 is 10.4 Å². The van der Waals surface area contributed by atoms with E-state index in [1.807, 2.05) is 0 Å². The molecule has 0 saturated carbocycles. The van der Waals surface area contributed by atoms with Gasteiger partial charge in [-0.25, -0.2) is 13.2 Å². The molecule has 0 aliphatic heterocycles. The Bertz CT molecular complexity index is 542. The Labute approximate surface area is 111 Å². The van der Waals surface area contributed by atoms with Crippen LogP contribution in [-0.2, 0) is 9.84 Å². The Hall–Kier alpha value is -1.27. The molecule has 0 fully saturated rings. The molecular formula is C11H14ClNO4S. The highest BCUT2D eigenvalue weighted by atomic mass is 35.5. The number of aromatic carboxylic acids is 1. The molecule has 1 aromatic rings. The third kappa shape index (κ3) is 4.93. The van der Waals surface area contributed by atoms with Crippen molar-refractivity contribution < 1.29 is 18.3 Å². The van der Waals surface area contributed by atoms with E-state index in [-0.39, 0.29) is 16.3 Å². The van der Waals surface area contributed by atoms with Gasteiger partial charge in [0.1, 0.15) is 9.84 Å². The summed E-state index contributed by atoms with van der Waals surface area (Å²) in [5, 5.41) is 11.9. The minimum Gasteiger partial charge on any atom is -0.478 e. The highest BCUT2D eigenvalue weighted by Gasteiger charge is 2.08. The third-order valence-electron chi connectivity index (χ3n) is 2.22. The molecule has 1 aromatic carbocycles.